The third-order valence-corrected chi connectivity index (χ3v) is 2.18. The molecule has 2 aromatic rings. The van der Waals surface area contributed by atoms with Gasteiger partial charge in [0.2, 0.25) is 0 Å². The van der Waals surface area contributed by atoms with Crippen LogP contribution in [0.3, 0.4) is 0 Å². The first-order valence-corrected chi connectivity index (χ1v) is 4.67. The molecule has 1 heterocycles. The lowest BCUT2D eigenvalue weighted by atomic mass is 10.2. The Balaban J connectivity index is 0.00000112. The van der Waals surface area contributed by atoms with Gasteiger partial charge in [-0.05, 0) is 17.7 Å². The van der Waals surface area contributed by atoms with E-state index in [0.717, 1.165) is 11.3 Å². The zero-order valence-corrected chi connectivity index (χ0v) is 9.50. The summed E-state index contributed by atoms with van der Waals surface area (Å²) in [6.07, 6.45) is 3.37. The SMILES string of the molecule is Cl.NCc1ccc(-n2cc(Cl)cn2)cc1. The highest BCUT2D eigenvalue weighted by Crippen LogP contribution is 2.12. The number of nitrogens with two attached hydrogens (primary N) is 1. The van der Waals surface area contributed by atoms with Gasteiger partial charge in [-0.1, -0.05) is 23.7 Å². The van der Waals surface area contributed by atoms with E-state index >= 15 is 0 Å². The zero-order chi connectivity index (χ0) is 9.97. The van der Waals surface area contributed by atoms with Gasteiger partial charge in [-0.3, -0.25) is 0 Å². The Kier molecular flexibility index (Phi) is 4.15. The minimum Gasteiger partial charge on any atom is -0.326 e. The van der Waals surface area contributed by atoms with E-state index in [1.807, 2.05) is 24.3 Å². The van der Waals surface area contributed by atoms with Gasteiger partial charge in [0.25, 0.3) is 0 Å². The number of nitrogens with zero attached hydrogens (tertiary/aromatic N) is 2. The summed E-state index contributed by atoms with van der Waals surface area (Å²) in [7, 11) is 0. The molecule has 0 spiro atoms. The Labute approximate surface area is 99.3 Å². The first-order valence-electron chi connectivity index (χ1n) is 4.29. The molecule has 15 heavy (non-hydrogen) atoms. The van der Waals surface area contributed by atoms with Gasteiger partial charge in [0, 0.05) is 12.7 Å². The van der Waals surface area contributed by atoms with Crippen LogP contribution in [0, 0.1) is 0 Å². The summed E-state index contributed by atoms with van der Waals surface area (Å²) < 4.78 is 1.72. The monoisotopic (exact) mass is 243 g/mol. The lowest BCUT2D eigenvalue weighted by molar-refractivity contribution is 0.878. The van der Waals surface area contributed by atoms with Crippen LogP contribution in [0.5, 0.6) is 0 Å². The largest absolute Gasteiger partial charge is 0.326 e. The van der Waals surface area contributed by atoms with Crippen LogP contribution in [0.15, 0.2) is 36.7 Å². The molecule has 0 unspecified atom stereocenters. The Morgan fingerprint density at radius 3 is 2.40 bits per heavy atom. The van der Waals surface area contributed by atoms with E-state index in [-0.39, 0.29) is 12.4 Å². The fourth-order valence-corrected chi connectivity index (χ4v) is 1.36. The van der Waals surface area contributed by atoms with Crippen molar-refractivity contribution in [3.8, 4) is 5.69 Å². The fourth-order valence-electron chi connectivity index (χ4n) is 1.23. The van der Waals surface area contributed by atoms with Crippen LogP contribution in [0.1, 0.15) is 5.56 Å². The average molecular weight is 244 g/mol. The van der Waals surface area contributed by atoms with Crippen molar-refractivity contribution in [1.82, 2.24) is 9.78 Å². The zero-order valence-electron chi connectivity index (χ0n) is 7.93. The highest BCUT2D eigenvalue weighted by Gasteiger charge is 1.98. The summed E-state index contributed by atoms with van der Waals surface area (Å²) in [5, 5.41) is 4.73. The topological polar surface area (TPSA) is 43.8 Å². The maximum atomic E-state index is 5.77. The summed E-state index contributed by atoms with van der Waals surface area (Å²) in [4.78, 5) is 0. The second-order valence-electron chi connectivity index (χ2n) is 2.97. The molecule has 0 fully saturated rings. The van der Waals surface area contributed by atoms with Crippen molar-refractivity contribution in [2.24, 2.45) is 5.73 Å². The van der Waals surface area contributed by atoms with Crippen molar-refractivity contribution in [3.05, 3.63) is 47.2 Å². The Morgan fingerprint density at radius 1 is 1.27 bits per heavy atom. The van der Waals surface area contributed by atoms with Gasteiger partial charge >= 0.3 is 0 Å². The molecule has 0 radical (unpaired) electrons. The molecular weight excluding hydrogens is 233 g/mol. The number of aromatic nitrogens is 2. The van der Waals surface area contributed by atoms with Gasteiger partial charge < -0.3 is 5.73 Å². The van der Waals surface area contributed by atoms with Crippen molar-refractivity contribution < 1.29 is 0 Å². The summed E-state index contributed by atoms with van der Waals surface area (Å²) >= 11 is 5.77. The molecule has 80 valence electrons. The van der Waals surface area contributed by atoms with Crippen LogP contribution < -0.4 is 5.73 Å². The van der Waals surface area contributed by atoms with E-state index in [1.165, 1.54) is 0 Å². The van der Waals surface area contributed by atoms with Crippen LogP contribution in [0.2, 0.25) is 5.02 Å². The van der Waals surface area contributed by atoms with Crippen LogP contribution in [0.4, 0.5) is 0 Å². The molecule has 3 nitrogen and oxygen atoms in total. The van der Waals surface area contributed by atoms with Gasteiger partial charge in [0.15, 0.2) is 0 Å². The van der Waals surface area contributed by atoms with E-state index in [0.29, 0.717) is 11.6 Å². The Hall–Kier alpha value is -1.03. The summed E-state index contributed by atoms with van der Waals surface area (Å²) in [5.41, 5.74) is 7.58. The van der Waals surface area contributed by atoms with E-state index in [2.05, 4.69) is 5.10 Å². The molecule has 1 aromatic carbocycles. The predicted molar refractivity (Wildman–Crippen MR) is 63.7 cm³/mol. The molecule has 0 amide bonds. The summed E-state index contributed by atoms with van der Waals surface area (Å²) in [6, 6.07) is 7.88. The maximum Gasteiger partial charge on any atom is 0.0790 e. The lowest BCUT2D eigenvalue weighted by Gasteiger charge is -2.01. The van der Waals surface area contributed by atoms with Gasteiger partial charge in [0.1, 0.15) is 0 Å². The quantitative estimate of drug-likeness (QED) is 0.881. The summed E-state index contributed by atoms with van der Waals surface area (Å²) in [6.45, 7) is 0.556. The fraction of sp³-hybridized carbons (Fsp3) is 0.100. The molecule has 2 N–H and O–H groups in total. The molecule has 0 saturated heterocycles. The second kappa shape index (κ2) is 5.16. The number of hydrogen-bond acceptors (Lipinski definition) is 2. The van der Waals surface area contributed by atoms with Crippen molar-refractivity contribution >= 4 is 24.0 Å². The van der Waals surface area contributed by atoms with Crippen LogP contribution in [0.25, 0.3) is 5.69 Å². The molecular formula is C10H11Cl2N3. The molecule has 5 heteroatoms. The number of halogens is 2. The smallest absolute Gasteiger partial charge is 0.0790 e. The third kappa shape index (κ3) is 2.72. The molecule has 2 rings (SSSR count). The first kappa shape index (κ1) is 12.0. The highest BCUT2D eigenvalue weighted by molar-refractivity contribution is 6.30. The molecule has 1 aromatic heterocycles. The Morgan fingerprint density at radius 2 is 1.93 bits per heavy atom. The molecule has 0 aliphatic rings. The first-order chi connectivity index (χ1) is 6.79. The molecule has 0 aliphatic heterocycles. The van der Waals surface area contributed by atoms with Crippen molar-refractivity contribution in [2.75, 3.05) is 0 Å². The number of hydrogen-bond donors (Lipinski definition) is 1. The van der Waals surface area contributed by atoms with Gasteiger partial charge in [-0.25, -0.2) is 4.68 Å². The lowest BCUT2D eigenvalue weighted by Crippen LogP contribution is -1.98. The van der Waals surface area contributed by atoms with E-state index < -0.39 is 0 Å². The number of rotatable bonds is 2. The molecule has 0 atom stereocenters. The van der Waals surface area contributed by atoms with Crippen LogP contribution in [-0.2, 0) is 6.54 Å². The normalized spacial score (nSPS) is 9.73. The van der Waals surface area contributed by atoms with Gasteiger partial charge in [0.05, 0.1) is 16.9 Å². The van der Waals surface area contributed by atoms with Crippen LogP contribution in [-0.4, -0.2) is 9.78 Å². The molecule has 0 bridgehead atoms. The number of benzene rings is 1. The standard InChI is InChI=1S/C10H10ClN3.ClH/c11-9-6-13-14(7-9)10-3-1-8(5-12)2-4-10;/h1-4,6-7H,5,12H2;1H. The van der Waals surface area contributed by atoms with E-state index in [9.17, 15) is 0 Å². The third-order valence-electron chi connectivity index (χ3n) is 1.99. The van der Waals surface area contributed by atoms with Crippen molar-refractivity contribution in [1.29, 1.82) is 0 Å². The molecule has 0 aliphatic carbocycles. The van der Waals surface area contributed by atoms with Gasteiger partial charge in [-0.2, -0.15) is 5.10 Å². The van der Waals surface area contributed by atoms with Crippen molar-refractivity contribution in [3.63, 3.8) is 0 Å². The Bertz CT molecular complexity index is 422. The van der Waals surface area contributed by atoms with Gasteiger partial charge in [-0.15, -0.1) is 12.4 Å². The average Bonchev–Trinajstić information content (AvgIpc) is 2.65. The van der Waals surface area contributed by atoms with E-state index in [1.54, 1.807) is 17.1 Å². The van der Waals surface area contributed by atoms with Crippen molar-refractivity contribution in [2.45, 2.75) is 6.54 Å². The molecule has 0 saturated carbocycles. The maximum absolute atomic E-state index is 5.77. The van der Waals surface area contributed by atoms with E-state index in [4.69, 9.17) is 17.3 Å². The highest BCUT2D eigenvalue weighted by atomic mass is 35.5. The second-order valence-corrected chi connectivity index (χ2v) is 3.41. The minimum absolute atomic E-state index is 0. The minimum atomic E-state index is 0. The van der Waals surface area contributed by atoms with Crippen LogP contribution >= 0.6 is 24.0 Å². The summed E-state index contributed by atoms with van der Waals surface area (Å²) in [5.74, 6) is 0. The predicted octanol–water partition coefficient (Wildman–Crippen LogP) is 2.41.